The molecule has 0 atom stereocenters. The van der Waals surface area contributed by atoms with Crippen LogP contribution in [-0.2, 0) is 0 Å². The number of anilines is 1. The lowest BCUT2D eigenvalue weighted by atomic mass is 9.77. The van der Waals surface area contributed by atoms with Crippen molar-refractivity contribution in [3.63, 3.8) is 0 Å². The molecule has 0 amide bonds. The van der Waals surface area contributed by atoms with Crippen LogP contribution in [-0.4, -0.2) is 30.7 Å². The van der Waals surface area contributed by atoms with Gasteiger partial charge in [0, 0.05) is 5.69 Å². The van der Waals surface area contributed by atoms with Gasteiger partial charge in [-0.2, -0.15) is 0 Å². The molecule has 0 aliphatic rings. The van der Waals surface area contributed by atoms with E-state index in [1.807, 2.05) is 6.07 Å². The van der Waals surface area contributed by atoms with Crippen LogP contribution in [0.4, 0.5) is 5.69 Å². The monoisotopic (exact) mass is 163 g/mol. The molecule has 0 bridgehead atoms. The number of rotatable bonds is 2. The average molecular weight is 163 g/mol. The molecule has 0 saturated carbocycles. The fourth-order valence-electron chi connectivity index (χ4n) is 1.20. The zero-order chi connectivity index (χ0) is 10.0. The van der Waals surface area contributed by atoms with Crippen LogP contribution in [0, 0.1) is 0 Å². The number of nitrogens with zero attached hydrogens (tertiary/aromatic N) is 1. The van der Waals surface area contributed by atoms with Crippen LogP contribution in [0.2, 0.25) is 0 Å². The maximum Gasteiger partial charge on any atom is 0.226 e. The topological polar surface area (TPSA) is 3.24 Å². The second kappa shape index (κ2) is 3.78. The Labute approximate surface area is 83.1 Å². The van der Waals surface area contributed by atoms with Crippen molar-refractivity contribution < 1.29 is 0 Å². The molecule has 0 spiro atoms. The van der Waals surface area contributed by atoms with Crippen LogP contribution >= 0.6 is 0 Å². The van der Waals surface area contributed by atoms with Gasteiger partial charge in [0.15, 0.2) is 0 Å². The van der Waals surface area contributed by atoms with Gasteiger partial charge in [0.1, 0.15) is 15.7 Å². The summed E-state index contributed by atoms with van der Waals surface area (Å²) in [6.07, 6.45) is 1.69. The summed E-state index contributed by atoms with van der Waals surface area (Å²) in [6.45, 7) is 3.67. The van der Waals surface area contributed by atoms with Crippen molar-refractivity contribution in [3.8, 4) is 0 Å². The van der Waals surface area contributed by atoms with Crippen LogP contribution < -0.4 is 15.7 Å². The number of hydrogen-bond acceptors (Lipinski definition) is 1. The van der Waals surface area contributed by atoms with E-state index in [9.17, 15) is 0 Å². The van der Waals surface area contributed by atoms with E-state index in [0.29, 0.717) is 16.6 Å². The molecule has 0 aliphatic heterocycles. The Morgan fingerprint density at radius 2 is 2.00 bits per heavy atom. The summed E-state index contributed by atoms with van der Waals surface area (Å²) >= 11 is 0. The quantitative estimate of drug-likeness (QED) is 0.527. The molecule has 0 N–H and O–H groups in total. The molecular formula is C9H8B3N. The van der Waals surface area contributed by atoms with Gasteiger partial charge in [0.05, 0.1) is 0 Å². The number of benzene rings is 1. The molecule has 0 unspecified atom stereocenters. The third-order valence-corrected chi connectivity index (χ3v) is 1.85. The summed E-state index contributed by atoms with van der Waals surface area (Å²) in [5.41, 5.74) is 2.59. The van der Waals surface area contributed by atoms with Gasteiger partial charge in [-0.25, -0.2) is 0 Å². The highest BCUT2D eigenvalue weighted by Gasteiger charge is 2.05. The minimum Gasteiger partial charge on any atom is -0.427 e. The van der Waals surface area contributed by atoms with Crippen LogP contribution in [0.15, 0.2) is 18.7 Å². The molecular weight excluding hydrogens is 155 g/mol. The molecule has 1 aromatic rings. The zero-order valence-corrected chi connectivity index (χ0v) is 7.62. The van der Waals surface area contributed by atoms with Gasteiger partial charge in [-0.05, 0) is 12.6 Å². The number of hydrogen-bond donors (Lipinski definition) is 0. The van der Waals surface area contributed by atoms with Crippen LogP contribution in [0.3, 0.4) is 0 Å². The van der Waals surface area contributed by atoms with Crippen molar-refractivity contribution >= 4 is 46.4 Å². The van der Waals surface area contributed by atoms with E-state index in [-0.39, 0.29) is 0 Å². The summed E-state index contributed by atoms with van der Waals surface area (Å²) in [5.74, 6) is 0. The Kier molecular flexibility index (Phi) is 2.92. The summed E-state index contributed by atoms with van der Waals surface area (Å²) in [7, 11) is 18.7. The van der Waals surface area contributed by atoms with Gasteiger partial charge in [-0.1, -0.05) is 30.3 Å². The molecule has 6 radical (unpaired) electrons. The van der Waals surface area contributed by atoms with Gasteiger partial charge in [-0.15, -0.1) is 5.46 Å². The van der Waals surface area contributed by atoms with Crippen molar-refractivity contribution in [2.45, 2.75) is 0 Å². The molecule has 58 valence electrons. The van der Waals surface area contributed by atoms with Crippen molar-refractivity contribution in [1.82, 2.24) is 0 Å². The highest BCUT2D eigenvalue weighted by Crippen LogP contribution is 2.14. The molecule has 0 aliphatic carbocycles. The maximum absolute atomic E-state index is 5.77. The van der Waals surface area contributed by atoms with Crippen molar-refractivity contribution in [2.75, 3.05) is 11.9 Å². The molecule has 0 saturated heterocycles. The molecule has 13 heavy (non-hydrogen) atoms. The Balaban J connectivity index is 3.41. The fourth-order valence-corrected chi connectivity index (χ4v) is 1.20. The highest BCUT2D eigenvalue weighted by atomic mass is 15.0. The van der Waals surface area contributed by atoms with Crippen molar-refractivity contribution in [1.29, 1.82) is 0 Å². The first-order valence-electron chi connectivity index (χ1n) is 3.86. The van der Waals surface area contributed by atoms with Crippen molar-refractivity contribution in [2.24, 2.45) is 0 Å². The predicted molar refractivity (Wildman–Crippen MR) is 61.5 cm³/mol. The standard InChI is InChI=1S/C9H8B3N/c1-3-6-4-5-7(10)8(11)9(6)13(2)12/h3-5H,1H2,2H3. The largest absolute Gasteiger partial charge is 0.427 e. The molecule has 0 fully saturated rings. The summed E-state index contributed by atoms with van der Waals surface area (Å²) in [5, 5.41) is 0. The molecule has 1 nitrogen and oxygen atoms in total. The Morgan fingerprint density at radius 3 is 2.46 bits per heavy atom. The summed E-state index contributed by atoms with van der Waals surface area (Å²) < 4.78 is 0. The molecule has 0 aromatic heterocycles. The molecule has 1 aromatic carbocycles. The Bertz CT molecular complexity index is 334. The van der Waals surface area contributed by atoms with Gasteiger partial charge < -0.3 is 4.81 Å². The van der Waals surface area contributed by atoms with Gasteiger partial charge in [0.2, 0.25) is 7.98 Å². The van der Waals surface area contributed by atoms with Crippen LogP contribution in [0.5, 0.6) is 0 Å². The molecule has 1 rings (SSSR count). The normalized spacial score (nSPS) is 9.62. The van der Waals surface area contributed by atoms with Crippen molar-refractivity contribution in [3.05, 3.63) is 24.3 Å². The second-order valence-electron chi connectivity index (χ2n) is 2.82. The SMILES string of the molecule is [B]c1ccc(C=C)c(N([B])C)c1[B]. The first-order chi connectivity index (χ1) is 6.07. The molecule has 0 heterocycles. The van der Waals surface area contributed by atoms with E-state index in [4.69, 9.17) is 23.7 Å². The Morgan fingerprint density at radius 1 is 1.38 bits per heavy atom. The van der Waals surface area contributed by atoms with Crippen LogP contribution in [0.1, 0.15) is 5.56 Å². The first-order valence-corrected chi connectivity index (χ1v) is 3.86. The Hall–Kier alpha value is -1.05. The third-order valence-electron chi connectivity index (χ3n) is 1.85. The van der Waals surface area contributed by atoms with E-state index >= 15 is 0 Å². The van der Waals surface area contributed by atoms with E-state index in [2.05, 4.69) is 6.58 Å². The second-order valence-corrected chi connectivity index (χ2v) is 2.82. The van der Waals surface area contributed by atoms with E-state index < -0.39 is 0 Å². The van der Waals surface area contributed by atoms with E-state index in [1.54, 1.807) is 19.2 Å². The lowest BCUT2D eigenvalue weighted by Crippen LogP contribution is -2.32. The maximum atomic E-state index is 5.77. The third kappa shape index (κ3) is 1.82. The summed E-state index contributed by atoms with van der Waals surface area (Å²) in [4.78, 5) is 1.43. The van der Waals surface area contributed by atoms with E-state index in [1.165, 1.54) is 4.81 Å². The lowest BCUT2D eigenvalue weighted by Gasteiger charge is -2.21. The first kappa shape index (κ1) is 10.0. The minimum atomic E-state index is 0.488. The smallest absolute Gasteiger partial charge is 0.226 e. The average Bonchev–Trinajstić information content (AvgIpc) is 2.08. The van der Waals surface area contributed by atoms with Gasteiger partial charge >= 0.3 is 0 Å². The molecule has 4 heteroatoms. The van der Waals surface area contributed by atoms with Gasteiger partial charge in [0.25, 0.3) is 0 Å². The summed E-state index contributed by atoms with van der Waals surface area (Å²) in [6, 6.07) is 3.57. The zero-order valence-electron chi connectivity index (χ0n) is 7.62. The van der Waals surface area contributed by atoms with Gasteiger partial charge in [-0.3, -0.25) is 0 Å². The fraction of sp³-hybridized carbons (Fsp3) is 0.111. The van der Waals surface area contributed by atoms with Crippen LogP contribution in [0.25, 0.3) is 6.08 Å². The predicted octanol–water partition coefficient (Wildman–Crippen LogP) is -0.563. The lowest BCUT2D eigenvalue weighted by molar-refractivity contribution is 1.35. The minimum absolute atomic E-state index is 0.488. The highest BCUT2D eigenvalue weighted by molar-refractivity contribution is 6.51. The van der Waals surface area contributed by atoms with E-state index in [0.717, 1.165) is 5.56 Å².